The largest absolute Gasteiger partial charge is 0.368 e. The van der Waals surface area contributed by atoms with Gasteiger partial charge in [0.15, 0.2) is 0 Å². The van der Waals surface area contributed by atoms with E-state index in [1.807, 2.05) is 19.1 Å². The summed E-state index contributed by atoms with van der Waals surface area (Å²) in [5, 5.41) is 3.49. The third-order valence-electron chi connectivity index (χ3n) is 4.47. The lowest BCUT2D eigenvalue weighted by Gasteiger charge is -2.24. The Kier molecular flexibility index (Phi) is 8.22. The fourth-order valence-corrected chi connectivity index (χ4v) is 3.05. The first-order valence-corrected chi connectivity index (χ1v) is 9.36. The molecular formula is C19H27ClN2O3. The molecule has 0 heterocycles. The van der Waals surface area contributed by atoms with Gasteiger partial charge in [-0.15, -0.1) is 0 Å². The lowest BCUT2D eigenvalue weighted by molar-refractivity contribution is -0.141. The first-order valence-electron chi connectivity index (χ1n) is 8.99. The summed E-state index contributed by atoms with van der Waals surface area (Å²) in [6, 6.07) is 7.30. The van der Waals surface area contributed by atoms with Crippen LogP contribution in [-0.4, -0.2) is 42.5 Å². The van der Waals surface area contributed by atoms with E-state index in [0.29, 0.717) is 18.1 Å². The standard InChI is InChI=1S/C19H27ClN2O3/c1-2-22(19(24)14-25-17-6-4-3-5-7-17)13-18(23)21-12-15-8-10-16(20)11-9-15/h8-11,17H,2-7,12-14H2,1H3,(H,21,23). The van der Waals surface area contributed by atoms with E-state index in [0.717, 1.165) is 18.4 Å². The van der Waals surface area contributed by atoms with Gasteiger partial charge in [-0.25, -0.2) is 0 Å². The van der Waals surface area contributed by atoms with Crippen molar-refractivity contribution >= 4 is 23.4 Å². The molecule has 1 fully saturated rings. The first kappa shape index (κ1) is 19.7. The summed E-state index contributed by atoms with van der Waals surface area (Å²) in [5.41, 5.74) is 0.966. The summed E-state index contributed by atoms with van der Waals surface area (Å²) in [5.74, 6) is -0.308. The minimum Gasteiger partial charge on any atom is -0.368 e. The third-order valence-corrected chi connectivity index (χ3v) is 4.72. The molecule has 0 unspecified atom stereocenters. The molecule has 2 amide bonds. The molecule has 1 N–H and O–H groups in total. The van der Waals surface area contributed by atoms with Crippen LogP contribution in [0.4, 0.5) is 0 Å². The van der Waals surface area contributed by atoms with Gasteiger partial charge in [0.1, 0.15) is 6.61 Å². The Morgan fingerprint density at radius 3 is 2.52 bits per heavy atom. The molecule has 0 saturated heterocycles. The third kappa shape index (κ3) is 7.04. The summed E-state index contributed by atoms with van der Waals surface area (Å²) in [7, 11) is 0. The number of ether oxygens (including phenoxy) is 1. The molecular weight excluding hydrogens is 340 g/mol. The van der Waals surface area contributed by atoms with Gasteiger partial charge in [-0.05, 0) is 37.5 Å². The van der Waals surface area contributed by atoms with E-state index < -0.39 is 0 Å². The molecule has 5 nitrogen and oxygen atoms in total. The van der Waals surface area contributed by atoms with E-state index in [1.54, 1.807) is 12.1 Å². The van der Waals surface area contributed by atoms with Crippen LogP contribution in [0.15, 0.2) is 24.3 Å². The zero-order valence-electron chi connectivity index (χ0n) is 14.8. The highest BCUT2D eigenvalue weighted by molar-refractivity contribution is 6.30. The fourth-order valence-electron chi connectivity index (χ4n) is 2.92. The number of amides is 2. The average molecular weight is 367 g/mol. The van der Waals surface area contributed by atoms with E-state index in [9.17, 15) is 9.59 Å². The summed E-state index contributed by atoms with van der Waals surface area (Å²) in [6.07, 6.45) is 5.84. The van der Waals surface area contributed by atoms with Crippen LogP contribution in [0, 0.1) is 0 Å². The quantitative estimate of drug-likeness (QED) is 0.768. The molecule has 25 heavy (non-hydrogen) atoms. The summed E-state index contributed by atoms with van der Waals surface area (Å²) >= 11 is 5.84. The van der Waals surface area contributed by atoms with Gasteiger partial charge in [0.05, 0.1) is 12.6 Å². The van der Waals surface area contributed by atoms with Crippen LogP contribution in [0.3, 0.4) is 0 Å². The SMILES string of the molecule is CCN(CC(=O)NCc1ccc(Cl)cc1)C(=O)COC1CCCCC1. The van der Waals surface area contributed by atoms with Crippen molar-refractivity contribution in [2.24, 2.45) is 0 Å². The molecule has 1 aromatic carbocycles. The van der Waals surface area contributed by atoms with Crippen LogP contribution in [0.2, 0.25) is 5.02 Å². The van der Waals surface area contributed by atoms with Gasteiger partial charge >= 0.3 is 0 Å². The van der Waals surface area contributed by atoms with Gasteiger partial charge in [0.2, 0.25) is 11.8 Å². The molecule has 2 rings (SSSR count). The number of hydrogen-bond donors (Lipinski definition) is 1. The number of nitrogens with one attached hydrogen (secondary N) is 1. The minimum absolute atomic E-state index is 0.0525. The first-order chi connectivity index (χ1) is 12.1. The van der Waals surface area contributed by atoms with E-state index in [1.165, 1.54) is 24.2 Å². The van der Waals surface area contributed by atoms with Crippen molar-refractivity contribution in [3.05, 3.63) is 34.9 Å². The Balaban J connectivity index is 1.72. The van der Waals surface area contributed by atoms with Gasteiger partial charge in [-0.1, -0.05) is 43.0 Å². The smallest absolute Gasteiger partial charge is 0.249 e. The highest BCUT2D eigenvalue weighted by Gasteiger charge is 2.19. The molecule has 1 saturated carbocycles. The maximum atomic E-state index is 12.3. The summed E-state index contributed by atoms with van der Waals surface area (Å²) in [6.45, 7) is 2.88. The number of benzene rings is 1. The van der Waals surface area contributed by atoms with Gasteiger partial charge in [0.25, 0.3) is 0 Å². The summed E-state index contributed by atoms with van der Waals surface area (Å²) < 4.78 is 5.71. The van der Waals surface area contributed by atoms with E-state index in [4.69, 9.17) is 16.3 Å². The second-order valence-corrected chi connectivity index (χ2v) is 6.82. The number of rotatable bonds is 8. The van der Waals surface area contributed by atoms with Gasteiger partial charge in [0, 0.05) is 18.1 Å². The summed E-state index contributed by atoms with van der Waals surface area (Å²) in [4.78, 5) is 25.9. The molecule has 1 aromatic rings. The molecule has 0 aromatic heterocycles. The van der Waals surface area contributed by atoms with Crippen molar-refractivity contribution in [3.63, 3.8) is 0 Å². The highest BCUT2D eigenvalue weighted by Crippen LogP contribution is 2.20. The molecule has 0 bridgehead atoms. The maximum absolute atomic E-state index is 12.3. The maximum Gasteiger partial charge on any atom is 0.249 e. The monoisotopic (exact) mass is 366 g/mol. The van der Waals surface area contributed by atoms with Crippen LogP contribution in [0.1, 0.15) is 44.6 Å². The molecule has 1 aliphatic carbocycles. The second kappa shape index (κ2) is 10.4. The Morgan fingerprint density at radius 1 is 1.20 bits per heavy atom. The Hall–Kier alpha value is -1.59. The van der Waals surface area contributed by atoms with E-state index in [-0.39, 0.29) is 31.1 Å². The fraction of sp³-hybridized carbons (Fsp3) is 0.579. The average Bonchev–Trinajstić information content (AvgIpc) is 2.64. The molecule has 0 spiro atoms. The molecule has 138 valence electrons. The number of halogens is 1. The number of nitrogens with zero attached hydrogens (tertiary/aromatic N) is 1. The predicted octanol–water partition coefficient (Wildman–Crippen LogP) is 3.15. The minimum atomic E-state index is -0.178. The Labute approximate surface area is 154 Å². The van der Waals surface area contributed by atoms with Crippen LogP contribution in [0.5, 0.6) is 0 Å². The van der Waals surface area contributed by atoms with Crippen LogP contribution in [-0.2, 0) is 20.9 Å². The van der Waals surface area contributed by atoms with Gasteiger partial charge in [-0.2, -0.15) is 0 Å². The van der Waals surface area contributed by atoms with Gasteiger partial charge < -0.3 is 15.0 Å². The number of carbonyl (C=O) groups excluding carboxylic acids is 2. The number of hydrogen-bond acceptors (Lipinski definition) is 3. The topological polar surface area (TPSA) is 58.6 Å². The van der Waals surface area contributed by atoms with Crippen molar-refractivity contribution < 1.29 is 14.3 Å². The lowest BCUT2D eigenvalue weighted by Crippen LogP contribution is -2.42. The highest BCUT2D eigenvalue weighted by atomic mass is 35.5. The molecule has 1 aliphatic rings. The van der Waals surface area contributed by atoms with Crippen molar-refractivity contribution in [1.82, 2.24) is 10.2 Å². The second-order valence-electron chi connectivity index (χ2n) is 6.38. The zero-order chi connectivity index (χ0) is 18.1. The Morgan fingerprint density at radius 2 is 1.88 bits per heavy atom. The lowest BCUT2D eigenvalue weighted by atomic mass is 9.98. The van der Waals surface area contributed by atoms with Crippen LogP contribution < -0.4 is 5.32 Å². The normalized spacial score (nSPS) is 15.0. The van der Waals surface area contributed by atoms with Crippen molar-refractivity contribution in [2.75, 3.05) is 19.7 Å². The molecule has 6 heteroatoms. The molecule has 0 aliphatic heterocycles. The van der Waals surface area contributed by atoms with E-state index >= 15 is 0 Å². The Bertz CT molecular complexity index is 556. The number of carbonyl (C=O) groups is 2. The zero-order valence-corrected chi connectivity index (χ0v) is 15.6. The molecule has 0 atom stereocenters. The van der Waals surface area contributed by atoms with Crippen molar-refractivity contribution in [3.8, 4) is 0 Å². The van der Waals surface area contributed by atoms with Crippen molar-refractivity contribution in [1.29, 1.82) is 0 Å². The van der Waals surface area contributed by atoms with Crippen molar-refractivity contribution in [2.45, 2.75) is 51.7 Å². The van der Waals surface area contributed by atoms with Crippen LogP contribution in [0.25, 0.3) is 0 Å². The molecule has 0 radical (unpaired) electrons. The number of likely N-dealkylation sites (N-methyl/N-ethyl adjacent to an activating group) is 1. The predicted molar refractivity (Wildman–Crippen MR) is 98.4 cm³/mol. The van der Waals surface area contributed by atoms with E-state index in [2.05, 4.69) is 5.32 Å². The van der Waals surface area contributed by atoms with Crippen LogP contribution >= 0.6 is 11.6 Å². The van der Waals surface area contributed by atoms with Gasteiger partial charge in [-0.3, -0.25) is 9.59 Å².